The molecule has 3 aromatic rings. The maximum Gasteiger partial charge on any atom is 0.295 e. The highest BCUT2D eigenvalue weighted by molar-refractivity contribution is 5.78. The Labute approximate surface area is 174 Å². The number of hydrogen-bond acceptors (Lipinski definition) is 0. The molecular weight excluding hydrogens is 352 g/mol. The summed E-state index contributed by atoms with van der Waals surface area (Å²) >= 11 is 0. The number of allylic oxidation sites excluding steroid dienone is 1. The van der Waals surface area contributed by atoms with Gasteiger partial charge in [0.15, 0.2) is 0 Å². The fourth-order valence-electron chi connectivity index (χ4n) is 5.51. The molecule has 0 aliphatic carbocycles. The Hall–Kier alpha value is -2.61. The zero-order valence-electron chi connectivity index (χ0n) is 18.2. The first-order valence-corrected chi connectivity index (χ1v) is 11.1. The normalized spacial score (nSPS) is 18.2. The van der Waals surface area contributed by atoms with Gasteiger partial charge in [0.2, 0.25) is 0 Å². The van der Waals surface area contributed by atoms with Gasteiger partial charge in [-0.15, -0.1) is 0 Å². The number of fused-ring (bicyclic) bond motifs is 2. The first-order chi connectivity index (χ1) is 14.0. The third kappa shape index (κ3) is 2.38. The van der Waals surface area contributed by atoms with Crippen LogP contribution < -0.4 is 4.57 Å². The van der Waals surface area contributed by atoms with Crippen molar-refractivity contribution in [1.82, 2.24) is 4.57 Å². The minimum Gasteiger partial charge on any atom is -0.221 e. The zero-order valence-corrected chi connectivity index (χ0v) is 18.2. The average Bonchev–Trinajstić information content (AvgIpc) is 3.08. The number of imidazole rings is 1. The second-order valence-corrected chi connectivity index (χ2v) is 8.98. The van der Waals surface area contributed by atoms with Crippen LogP contribution in [0, 0.1) is 0 Å². The van der Waals surface area contributed by atoms with Crippen LogP contribution in [0.25, 0.3) is 23.2 Å². The van der Waals surface area contributed by atoms with E-state index in [0.717, 1.165) is 12.8 Å². The summed E-state index contributed by atoms with van der Waals surface area (Å²) in [7, 11) is 0. The summed E-state index contributed by atoms with van der Waals surface area (Å²) < 4.78 is 5.04. The lowest BCUT2D eigenvalue weighted by molar-refractivity contribution is -0.742. The molecule has 2 nitrogen and oxygen atoms in total. The lowest BCUT2D eigenvalue weighted by atomic mass is 9.86. The molecule has 0 spiro atoms. The van der Waals surface area contributed by atoms with Gasteiger partial charge in [-0.05, 0) is 36.0 Å². The summed E-state index contributed by atoms with van der Waals surface area (Å²) in [5.74, 6) is 2.17. The van der Waals surface area contributed by atoms with Crippen molar-refractivity contribution < 1.29 is 4.57 Å². The van der Waals surface area contributed by atoms with E-state index in [-0.39, 0.29) is 5.54 Å². The van der Waals surface area contributed by atoms with E-state index in [1.807, 2.05) is 0 Å². The molecule has 0 saturated carbocycles. The second-order valence-electron chi connectivity index (χ2n) is 8.98. The molecule has 2 aliphatic rings. The Morgan fingerprint density at radius 3 is 2.48 bits per heavy atom. The van der Waals surface area contributed by atoms with Gasteiger partial charge in [-0.2, -0.15) is 4.57 Å². The van der Waals surface area contributed by atoms with Crippen molar-refractivity contribution in [2.45, 2.75) is 64.8 Å². The largest absolute Gasteiger partial charge is 0.295 e. The van der Waals surface area contributed by atoms with Crippen molar-refractivity contribution in [3.8, 4) is 17.1 Å². The van der Waals surface area contributed by atoms with Crippen LogP contribution in [-0.2, 0) is 5.54 Å². The van der Waals surface area contributed by atoms with Gasteiger partial charge in [0.05, 0.1) is 5.56 Å². The summed E-state index contributed by atoms with van der Waals surface area (Å²) in [5, 5.41) is 0. The van der Waals surface area contributed by atoms with Crippen LogP contribution in [-0.4, -0.2) is 4.57 Å². The number of nitrogens with zero attached hydrogens (tertiary/aromatic N) is 2. The molecular formula is C27H31N2+. The van der Waals surface area contributed by atoms with Crippen molar-refractivity contribution in [3.05, 3.63) is 77.1 Å². The summed E-state index contributed by atoms with van der Waals surface area (Å²) in [6.07, 6.45) is 11.6. The summed E-state index contributed by atoms with van der Waals surface area (Å²) in [4.78, 5) is 0. The molecule has 2 aliphatic heterocycles. The maximum atomic E-state index is 2.55. The second kappa shape index (κ2) is 6.45. The highest BCUT2D eigenvalue weighted by Crippen LogP contribution is 2.45. The molecule has 1 atom stereocenters. The molecule has 0 N–H and O–H groups in total. The van der Waals surface area contributed by atoms with Gasteiger partial charge in [-0.1, -0.05) is 77.1 Å². The van der Waals surface area contributed by atoms with Crippen LogP contribution in [0.5, 0.6) is 0 Å². The molecule has 1 unspecified atom stereocenters. The zero-order chi connectivity index (χ0) is 20.3. The van der Waals surface area contributed by atoms with Crippen molar-refractivity contribution in [2.75, 3.05) is 0 Å². The van der Waals surface area contributed by atoms with Gasteiger partial charge in [0.1, 0.15) is 23.6 Å². The smallest absolute Gasteiger partial charge is 0.221 e. The van der Waals surface area contributed by atoms with Crippen molar-refractivity contribution >= 4 is 6.08 Å². The van der Waals surface area contributed by atoms with Crippen molar-refractivity contribution in [2.24, 2.45) is 0 Å². The fourth-order valence-corrected chi connectivity index (χ4v) is 5.51. The van der Waals surface area contributed by atoms with E-state index in [1.54, 1.807) is 0 Å². The Morgan fingerprint density at radius 1 is 1.03 bits per heavy atom. The monoisotopic (exact) mass is 383 g/mol. The van der Waals surface area contributed by atoms with Crippen LogP contribution in [0.15, 0.2) is 54.9 Å². The Kier molecular flexibility index (Phi) is 4.10. The van der Waals surface area contributed by atoms with E-state index >= 15 is 0 Å². The maximum absolute atomic E-state index is 2.55. The highest BCUT2D eigenvalue weighted by atomic mass is 15.2. The van der Waals surface area contributed by atoms with Gasteiger partial charge < -0.3 is 0 Å². The molecule has 5 rings (SSSR count). The quantitative estimate of drug-likeness (QED) is 0.453. The number of para-hydroxylation sites is 1. The standard InChI is InChI=1S/C27H31N2/c1-6-27(7-2)15-14-20-10-8-12-22-19(5)23-13-9-11-21(18(3)4)25(23)28-16-17-29(27)26(28)24(20)22/h8-19H,6-7H2,1-5H3/q+1. The molecule has 0 saturated heterocycles. The van der Waals surface area contributed by atoms with E-state index in [0.29, 0.717) is 11.8 Å². The number of aromatic nitrogens is 2. The van der Waals surface area contributed by atoms with E-state index < -0.39 is 0 Å². The van der Waals surface area contributed by atoms with Gasteiger partial charge in [-0.3, -0.25) is 0 Å². The van der Waals surface area contributed by atoms with Gasteiger partial charge in [0, 0.05) is 17.0 Å². The molecule has 3 heterocycles. The topological polar surface area (TPSA) is 8.81 Å². The van der Waals surface area contributed by atoms with E-state index in [1.165, 1.54) is 39.3 Å². The first-order valence-electron chi connectivity index (χ1n) is 11.1. The third-order valence-electron chi connectivity index (χ3n) is 7.35. The van der Waals surface area contributed by atoms with Crippen LogP contribution in [0.2, 0.25) is 0 Å². The van der Waals surface area contributed by atoms with Crippen LogP contribution >= 0.6 is 0 Å². The van der Waals surface area contributed by atoms with E-state index in [4.69, 9.17) is 0 Å². The SMILES string of the molecule is CCC1(CC)C=Cc2cccc3c2-c2n(cc[n+]21)-c1c(C(C)C)cccc1C3C. The van der Waals surface area contributed by atoms with Crippen LogP contribution in [0.4, 0.5) is 0 Å². The molecule has 1 aromatic heterocycles. The number of rotatable bonds is 3. The Bertz CT molecular complexity index is 1130. The lowest BCUT2D eigenvalue weighted by Gasteiger charge is -2.25. The third-order valence-corrected chi connectivity index (χ3v) is 7.35. The first kappa shape index (κ1) is 18.4. The summed E-state index contributed by atoms with van der Waals surface area (Å²) in [6, 6.07) is 13.7. The molecule has 0 fully saturated rings. The molecule has 29 heavy (non-hydrogen) atoms. The Balaban J connectivity index is 1.98. The molecule has 0 amide bonds. The minimum atomic E-state index is 0.0113. The van der Waals surface area contributed by atoms with Crippen molar-refractivity contribution in [3.63, 3.8) is 0 Å². The molecule has 0 radical (unpaired) electrons. The molecule has 2 heteroatoms. The van der Waals surface area contributed by atoms with E-state index in [9.17, 15) is 0 Å². The van der Waals surface area contributed by atoms with Crippen LogP contribution in [0.1, 0.15) is 81.5 Å². The predicted octanol–water partition coefficient (Wildman–Crippen LogP) is 6.56. The molecule has 2 aromatic carbocycles. The van der Waals surface area contributed by atoms with Gasteiger partial charge >= 0.3 is 0 Å². The van der Waals surface area contributed by atoms with Crippen LogP contribution in [0.3, 0.4) is 0 Å². The summed E-state index contributed by atoms with van der Waals surface area (Å²) in [6.45, 7) is 11.6. The lowest BCUT2D eigenvalue weighted by Crippen LogP contribution is -2.54. The van der Waals surface area contributed by atoms with Gasteiger partial charge in [0.25, 0.3) is 5.82 Å². The molecule has 0 bridgehead atoms. The number of hydrogen-bond donors (Lipinski definition) is 0. The Morgan fingerprint density at radius 2 is 1.76 bits per heavy atom. The highest BCUT2D eigenvalue weighted by Gasteiger charge is 2.42. The van der Waals surface area contributed by atoms with Crippen molar-refractivity contribution in [1.29, 1.82) is 0 Å². The molecule has 148 valence electrons. The summed E-state index contributed by atoms with van der Waals surface area (Å²) in [5.41, 5.74) is 8.43. The minimum absolute atomic E-state index is 0.0113. The fraction of sp³-hybridized carbons (Fsp3) is 0.370. The average molecular weight is 384 g/mol. The van der Waals surface area contributed by atoms with E-state index in [2.05, 4.69) is 105 Å². The van der Waals surface area contributed by atoms with Gasteiger partial charge in [-0.25, -0.2) is 4.57 Å². The number of benzene rings is 2. The predicted molar refractivity (Wildman–Crippen MR) is 121 cm³/mol.